The highest BCUT2D eigenvalue weighted by Crippen LogP contribution is 2.35. The zero-order valence-electron chi connectivity index (χ0n) is 23.9. The molecular weight excluding hydrogens is 743 g/mol. The highest BCUT2D eigenvalue weighted by molar-refractivity contribution is 14.1. The van der Waals surface area contributed by atoms with E-state index in [1.807, 2.05) is 0 Å². The number of carbonyl (C=O) groups excluding carboxylic acids is 3. The van der Waals surface area contributed by atoms with Gasteiger partial charge in [-0.1, -0.05) is 6.07 Å². The van der Waals surface area contributed by atoms with Crippen LogP contribution in [0.5, 0.6) is 17.2 Å². The molecule has 1 heterocycles. The van der Waals surface area contributed by atoms with Crippen LogP contribution in [-0.4, -0.2) is 69.1 Å². The molecule has 4 N–H and O–H groups in total. The number of halogens is 2. The third-order valence-electron chi connectivity index (χ3n) is 5.77. The van der Waals surface area contributed by atoms with E-state index in [0.717, 1.165) is 3.57 Å². The number of rotatable bonds is 14. The summed E-state index contributed by atoms with van der Waals surface area (Å²) >= 11 is 5.51. The molecule has 13 nitrogen and oxygen atoms in total. The summed E-state index contributed by atoms with van der Waals surface area (Å²) in [7, 11) is 1.27. The fourth-order valence-corrected chi connectivity index (χ4v) is 5.71. The number of benzene rings is 2. The number of urea groups is 1. The Balaban J connectivity index is 1.64. The maximum atomic E-state index is 12.4. The summed E-state index contributed by atoms with van der Waals surface area (Å²) in [6, 6.07) is 7.29. The average molecular weight is 775 g/mol. The van der Waals surface area contributed by atoms with Gasteiger partial charge in [-0.3, -0.25) is 5.43 Å². The van der Waals surface area contributed by atoms with E-state index < -0.39 is 30.2 Å². The van der Waals surface area contributed by atoms with Crippen molar-refractivity contribution in [1.82, 2.24) is 16.1 Å². The van der Waals surface area contributed by atoms with Crippen LogP contribution in [0.1, 0.15) is 37.9 Å². The zero-order valence-corrected chi connectivity index (χ0v) is 27.6. The lowest BCUT2D eigenvalue weighted by molar-refractivity contribution is -0.145. The molecule has 2 aromatic carbocycles. The molecule has 1 aliphatic heterocycles. The molecule has 0 radical (unpaired) electrons. The SMILES string of the molecule is CCOC(=O)COc1c(Br)cc(/C=N\N[C@H](O)COc2ccc([C@H]3NC(=O)NC(C)=C3C(=O)OC)cc2OCC)cc1I. The first kappa shape index (κ1) is 33.9. The van der Waals surface area contributed by atoms with Crippen molar-refractivity contribution in [3.63, 3.8) is 0 Å². The van der Waals surface area contributed by atoms with Gasteiger partial charge in [-0.2, -0.15) is 5.10 Å². The maximum Gasteiger partial charge on any atom is 0.344 e. The Morgan fingerprint density at radius 3 is 2.60 bits per heavy atom. The van der Waals surface area contributed by atoms with Gasteiger partial charge in [0.2, 0.25) is 0 Å². The second-order valence-corrected chi connectivity index (χ2v) is 10.8. The summed E-state index contributed by atoms with van der Waals surface area (Å²) < 4.78 is 28.2. The molecule has 0 aromatic heterocycles. The van der Waals surface area contributed by atoms with Gasteiger partial charge in [-0.05, 0) is 94.7 Å². The van der Waals surface area contributed by atoms with E-state index in [2.05, 4.69) is 59.7 Å². The monoisotopic (exact) mass is 774 g/mol. The number of nitrogens with zero attached hydrogens (tertiary/aromatic N) is 1. The lowest BCUT2D eigenvalue weighted by Gasteiger charge is -2.28. The first-order chi connectivity index (χ1) is 20.6. The standard InChI is InChI=1S/C28H32BrIN4O9/c1-5-40-21-11-17(25-24(27(37)39-4)15(3)32-28(38)33-25)7-8-20(21)42-13-22(35)34-31-12-16-9-18(29)26(19(30)10-16)43-14-23(36)41-6-2/h7-12,22,25,34-35H,5-6,13-14H2,1-4H3,(H2,32,33,38)/b31-12-/t22-,25-/m1/s1. The topological polar surface area (TPSA) is 166 Å². The van der Waals surface area contributed by atoms with E-state index in [9.17, 15) is 19.5 Å². The third kappa shape index (κ3) is 9.46. The van der Waals surface area contributed by atoms with Crippen LogP contribution >= 0.6 is 38.5 Å². The molecule has 0 saturated carbocycles. The van der Waals surface area contributed by atoms with E-state index in [-0.39, 0.29) is 25.4 Å². The van der Waals surface area contributed by atoms with Crippen molar-refractivity contribution in [2.45, 2.75) is 33.0 Å². The van der Waals surface area contributed by atoms with Crippen LogP contribution in [-0.2, 0) is 19.1 Å². The minimum absolute atomic E-state index is 0.171. The van der Waals surface area contributed by atoms with E-state index in [0.29, 0.717) is 45.2 Å². The number of esters is 2. The van der Waals surface area contributed by atoms with Gasteiger partial charge in [-0.25, -0.2) is 14.4 Å². The fraction of sp³-hybridized carbons (Fsp3) is 0.357. The van der Waals surface area contributed by atoms with Crippen molar-refractivity contribution < 1.29 is 43.2 Å². The number of methoxy groups -OCH3 is 1. The average Bonchev–Trinajstić information content (AvgIpc) is 2.95. The van der Waals surface area contributed by atoms with Crippen molar-refractivity contribution in [2.75, 3.05) is 33.5 Å². The van der Waals surface area contributed by atoms with E-state index in [1.54, 1.807) is 51.1 Å². The molecular formula is C28H32BrIN4O9. The highest BCUT2D eigenvalue weighted by atomic mass is 127. The van der Waals surface area contributed by atoms with Gasteiger partial charge in [0.1, 0.15) is 12.4 Å². The number of aliphatic hydroxyl groups is 1. The largest absolute Gasteiger partial charge is 0.490 e. The molecule has 0 aliphatic carbocycles. The third-order valence-corrected chi connectivity index (χ3v) is 7.16. The van der Waals surface area contributed by atoms with Gasteiger partial charge in [0.25, 0.3) is 0 Å². The Hall–Kier alpha value is -3.57. The van der Waals surface area contributed by atoms with Gasteiger partial charge < -0.3 is 39.4 Å². The van der Waals surface area contributed by atoms with Crippen LogP contribution in [0.25, 0.3) is 0 Å². The van der Waals surface area contributed by atoms with Crippen LogP contribution in [0.3, 0.4) is 0 Å². The lowest BCUT2D eigenvalue weighted by Crippen LogP contribution is -2.45. The molecule has 3 rings (SSSR count). The first-order valence-corrected chi connectivity index (χ1v) is 14.9. The Kier molecular flexibility index (Phi) is 12.9. The number of amides is 2. The van der Waals surface area contributed by atoms with Crippen LogP contribution in [0, 0.1) is 3.57 Å². The molecule has 0 saturated heterocycles. The quantitative estimate of drug-likeness (QED) is 0.0734. The van der Waals surface area contributed by atoms with Gasteiger partial charge in [0.15, 0.2) is 24.3 Å². The first-order valence-electron chi connectivity index (χ1n) is 13.1. The summed E-state index contributed by atoms with van der Waals surface area (Å²) in [5.74, 6) is 0.153. The number of carbonyl (C=O) groups is 3. The normalized spacial score (nSPS) is 15.3. The summed E-state index contributed by atoms with van der Waals surface area (Å²) in [5.41, 5.74) is 4.52. The van der Waals surface area contributed by atoms with Gasteiger partial charge in [-0.15, -0.1) is 0 Å². The van der Waals surface area contributed by atoms with Crippen molar-refractivity contribution in [3.8, 4) is 17.2 Å². The smallest absolute Gasteiger partial charge is 0.344 e. The van der Waals surface area contributed by atoms with Crippen LogP contribution < -0.4 is 30.3 Å². The number of hydrazone groups is 1. The Labute approximate surface area is 270 Å². The molecule has 43 heavy (non-hydrogen) atoms. The molecule has 0 unspecified atom stereocenters. The number of nitrogens with one attached hydrogen (secondary N) is 3. The van der Waals surface area contributed by atoms with Crippen LogP contribution in [0.15, 0.2) is 51.2 Å². The lowest BCUT2D eigenvalue weighted by atomic mass is 9.95. The number of ether oxygens (including phenoxy) is 5. The Bertz CT molecular complexity index is 1380. The minimum Gasteiger partial charge on any atom is -0.490 e. The van der Waals surface area contributed by atoms with Crippen molar-refractivity contribution in [3.05, 3.63) is 60.8 Å². The molecule has 2 atom stereocenters. The summed E-state index contributed by atoms with van der Waals surface area (Å²) in [5, 5.41) is 19.8. The summed E-state index contributed by atoms with van der Waals surface area (Å²) in [6.45, 7) is 5.36. The summed E-state index contributed by atoms with van der Waals surface area (Å²) in [6.07, 6.45) is 0.341. The van der Waals surface area contributed by atoms with Gasteiger partial charge in [0.05, 0.1) is 46.2 Å². The molecule has 2 aromatic rings. The molecule has 2 amide bonds. The van der Waals surface area contributed by atoms with Gasteiger partial charge >= 0.3 is 18.0 Å². The van der Waals surface area contributed by atoms with E-state index in [1.165, 1.54) is 13.3 Å². The zero-order chi connectivity index (χ0) is 31.5. The molecule has 15 heteroatoms. The predicted octanol–water partition coefficient (Wildman–Crippen LogP) is 3.52. The van der Waals surface area contributed by atoms with Crippen molar-refractivity contribution >= 4 is 62.7 Å². The van der Waals surface area contributed by atoms with Crippen LogP contribution in [0.4, 0.5) is 4.79 Å². The molecule has 0 bridgehead atoms. The highest BCUT2D eigenvalue weighted by Gasteiger charge is 2.32. The Morgan fingerprint density at radius 1 is 1.16 bits per heavy atom. The summed E-state index contributed by atoms with van der Waals surface area (Å²) in [4.78, 5) is 36.1. The van der Waals surface area contributed by atoms with E-state index >= 15 is 0 Å². The molecule has 232 valence electrons. The molecule has 1 aliphatic rings. The van der Waals surface area contributed by atoms with Crippen LogP contribution in [0.2, 0.25) is 0 Å². The van der Waals surface area contributed by atoms with Gasteiger partial charge in [0, 0.05) is 5.70 Å². The number of hydrogen-bond acceptors (Lipinski definition) is 11. The molecule has 0 spiro atoms. The second-order valence-electron chi connectivity index (χ2n) is 8.82. The predicted molar refractivity (Wildman–Crippen MR) is 168 cm³/mol. The maximum absolute atomic E-state index is 12.4. The number of hydrogen-bond donors (Lipinski definition) is 4. The second kappa shape index (κ2) is 16.3. The van der Waals surface area contributed by atoms with Crippen molar-refractivity contribution in [2.24, 2.45) is 5.10 Å². The number of aliphatic hydroxyl groups excluding tert-OH is 1. The minimum atomic E-state index is -1.17. The van der Waals surface area contributed by atoms with E-state index in [4.69, 9.17) is 23.7 Å². The fourth-order valence-electron chi connectivity index (χ4n) is 3.95. The Morgan fingerprint density at radius 2 is 1.93 bits per heavy atom. The van der Waals surface area contributed by atoms with Crippen molar-refractivity contribution in [1.29, 1.82) is 0 Å². The number of allylic oxidation sites excluding steroid dienone is 1. The molecule has 0 fully saturated rings.